The summed E-state index contributed by atoms with van der Waals surface area (Å²) >= 11 is 0. The fraction of sp³-hybridized carbons (Fsp3) is 0.455. The monoisotopic (exact) mass is 269 g/mol. The number of carbonyl (C=O) groups excluding carboxylic acids is 2. The first kappa shape index (κ1) is 16.4. The summed E-state index contributed by atoms with van der Waals surface area (Å²) in [6, 6.07) is 1.62. The van der Waals surface area contributed by atoms with E-state index in [4.69, 9.17) is 10.4 Å². The van der Waals surface area contributed by atoms with Gasteiger partial charge in [-0.05, 0) is 6.92 Å². The highest BCUT2D eigenvalue weighted by Gasteiger charge is 2.09. The average molecular weight is 269 g/mol. The average Bonchev–Trinajstić information content (AvgIpc) is 2.36. The van der Waals surface area contributed by atoms with E-state index < -0.39 is 24.4 Å². The minimum atomic E-state index is -1.21. The molecule has 0 unspecified atom stereocenters. The molecule has 0 spiro atoms. The third-order valence-electron chi connectivity index (χ3n) is 1.79. The van der Waals surface area contributed by atoms with Gasteiger partial charge in [-0.25, -0.2) is 0 Å². The van der Waals surface area contributed by atoms with Gasteiger partial charge in [0, 0.05) is 12.7 Å². The van der Waals surface area contributed by atoms with Crippen molar-refractivity contribution in [3.8, 4) is 6.07 Å². The lowest BCUT2D eigenvalue weighted by Gasteiger charge is -2.03. The standard InChI is InChI=1S/C11H15N3O5/c1-2-19-10(17)3-4-13-6-8(5-12)11(18)14-7-9(15)16/h6,13H,2-4,7H2,1H3,(H,14,18)(H,15,16)/b8-6-. The summed E-state index contributed by atoms with van der Waals surface area (Å²) in [7, 11) is 0. The highest BCUT2D eigenvalue weighted by molar-refractivity contribution is 5.98. The predicted molar refractivity (Wildman–Crippen MR) is 63.6 cm³/mol. The van der Waals surface area contributed by atoms with E-state index in [1.165, 1.54) is 0 Å². The molecule has 0 aromatic rings. The smallest absolute Gasteiger partial charge is 0.322 e. The number of hydrogen-bond acceptors (Lipinski definition) is 6. The van der Waals surface area contributed by atoms with Crippen molar-refractivity contribution < 1.29 is 24.2 Å². The van der Waals surface area contributed by atoms with Gasteiger partial charge in [0.05, 0.1) is 13.0 Å². The van der Waals surface area contributed by atoms with Crippen LogP contribution in [0.3, 0.4) is 0 Å². The Labute approximate surface area is 110 Å². The summed E-state index contributed by atoms with van der Waals surface area (Å²) in [5.41, 5.74) is -0.273. The van der Waals surface area contributed by atoms with Crippen LogP contribution in [0.5, 0.6) is 0 Å². The molecule has 0 atom stereocenters. The molecule has 8 heteroatoms. The van der Waals surface area contributed by atoms with Crippen LogP contribution in [0, 0.1) is 11.3 Å². The zero-order chi connectivity index (χ0) is 14.7. The number of nitrogens with one attached hydrogen (secondary N) is 2. The van der Waals surface area contributed by atoms with Crippen LogP contribution in [0.1, 0.15) is 13.3 Å². The number of carboxylic acids is 1. The Kier molecular flexibility index (Phi) is 8.19. The van der Waals surface area contributed by atoms with Crippen molar-refractivity contribution in [3.05, 3.63) is 11.8 Å². The van der Waals surface area contributed by atoms with Gasteiger partial charge in [0.25, 0.3) is 5.91 Å². The lowest BCUT2D eigenvalue weighted by atomic mass is 10.3. The van der Waals surface area contributed by atoms with E-state index in [1.54, 1.807) is 13.0 Å². The Hall–Kier alpha value is -2.56. The molecule has 0 heterocycles. The summed E-state index contributed by atoms with van der Waals surface area (Å²) in [4.78, 5) is 32.5. The quantitative estimate of drug-likeness (QED) is 0.226. The van der Waals surface area contributed by atoms with Crippen molar-refractivity contribution in [2.75, 3.05) is 19.7 Å². The maximum atomic E-state index is 11.3. The van der Waals surface area contributed by atoms with Crippen molar-refractivity contribution in [1.29, 1.82) is 5.26 Å². The number of esters is 1. The van der Waals surface area contributed by atoms with E-state index in [2.05, 4.69) is 10.1 Å². The highest BCUT2D eigenvalue weighted by Crippen LogP contribution is 1.91. The number of nitriles is 1. The molecular formula is C11H15N3O5. The van der Waals surface area contributed by atoms with E-state index in [9.17, 15) is 14.4 Å². The van der Waals surface area contributed by atoms with Crippen molar-refractivity contribution in [1.82, 2.24) is 10.6 Å². The van der Waals surface area contributed by atoms with Gasteiger partial charge in [-0.1, -0.05) is 0 Å². The van der Waals surface area contributed by atoms with E-state index in [0.717, 1.165) is 6.20 Å². The van der Waals surface area contributed by atoms with Gasteiger partial charge in [0.1, 0.15) is 18.2 Å². The molecule has 0 aromatic heterocycles. The largest absolute Gasteiger partial charge is 0.480 e. The zero-order valence-electron chi connectivity index (χ0n) is 10.4. The maximum absolute atomic E-state index is 11.3. The van der Waals surface area contributed by atoms with Gasteiger partial charge < -0.3 is 20.5 Å². The molecule has 0 aromatic carbocycles. The molecule has 0 radical (unpaired) electrons. The molecule has 0 saturated carbocycles. The molecule has 0 saturated heterocycles. The molecule has 0 fully saturated rings. The van der Waals surface area contributed by atoms with E-state index in [1.807, 2.05) is 5.32 Å². The van der Waals surface area contributed by atoms with Gasteiger partial charge in [0.15, 0.2) is 0 Å². The zero-order valence-corrected chi connectivity index (χ0v) is 10.4. The SMILES string of the molecule is CCOC(=O)CCN/C=C(/C#N)C(=O)NCC(=O)O. The highest BCUT2D eigenvalue weighted by atomic mass is 16.5. The second-order valence-corrected chi connectivity index (χ2v) is 3.26. The van der Waals surface area contributed by atoms with Gasteiger partial charge >= 0.3 is 11.9 Å². The molecule has 0 aliphatic heterocycles. The first-order valence-corrected chi connectivity index (χ1v) is 5.50. The molecule has 8 nitrogen and oxygen atoms in total. The Morgan fingerprint density at radius 1 is 1.42 bits per heavy atom. The molecule has 0 bridgehead atoms. The number of carboxylic acid groups (broad SMARTS) is 1. The Morgan fingerprint density at radius 3 is 2.63 bits per heavy atom. The van der Waals surface area contributed by atoms with E-state index in [-0.39, 0.29) is 25.1 Å². The summed E-state index contributed by atoms with van der Waals surface area (Å²) in [6.45, 7) is 1.61. The molecule has 0 rings (SSSR count). The van der Waals surface area contributed by atoms with Crippen LogP contribution in [-0.4, -0.2) is 42.6 Å². The molecule has 3 N–H and O–H groups in total. The second kappa shape index (κ2) is 9.47. The molecule has 104 valence electrons. The lowest BCUT2D eigenvalue weighted by Crippen LogP contribution is -2.30. The number of aliphatic carboxylic acids is 1. The van der Waals surface area contributed by atoms with Crippen LogP contribution >= 0.6 is 0 Å². The van der Waals surface area contributed by atoms with Crippen molar-refractivity contribution in [2.24, 2.45) is 0 Å². The minimum Gasteiger partial charge on any atom is -0.480 e. The molecule has 0 aliphatic carbocycles. The van der Waals surface area contributed by atoms with Crippen LogP contribution in [0.2, 0.25) is 0 Å². The predicted octanol–water partition coefficient (Wildman–Crippen LogP) is -0.863. The van der Waals surface area contributed by atoms with Gasteiger partial charge in [-0.2, -0.15) is 5.26 Å². The second-order valence-electron chi connectivity index (χ2n) is 3.26. The topological polar surface area (TPSA) is 129 Å². The minimum absolute atomic E-state index is 0.0970. The van der Waals surface area contributed by atoms with Crippen molar-refractivity contribution >= 4 is 17.8 Å². The fourth-order valence-electron chi connectivity index (χ4n) is 0.981. The van der Waals surface area contributed by atoms with Gasteiger partial charge in [-0.3, -0.25) is 14.4 Å². The first-order valence-electron chi connectivity index (χ1n) is 5.50. The van der Waals surface area contributed by atoms with Crippen LogP contribution in [0.25, 0.3) is 0 Å². The molecule has 19 heavy (non-hydrogen) atoms. The number of hydrogen-bond donors (Lipinski definition) is 3. The fourth-order valence-corrected chi connectivity index (χ4v) is 0.981. The number of rotatable bonds is 8. The number of carbonyl (C=O) groups is 3. The molecule has 1 amide bonds. The summed E-state index contributed by atoms with van der Waals surface area (Å²) in [5.74, 6) is -2.40. The van der Waals surface area contributed by atoms with Crippen LogP contribution in [0.15, 0.2) is 11.8 Å². The number of amides is 1. The van der Waals surface area contributed by atoms with Crippen LogP contribution in [-0.2, 0) is 19.1 Å². The van der Waals surface area contributed by atoms with E-state index >= 15 is 0 Å². The molecular weight excluding hydrogens is 254 g/mol. The third-order valence-corrected chi connectivity index (χ3v) is 1.79. The summed E-state index contributed by atoms with van der Waals surface area (Å²) < 4.78 is 4.68. The maximum Gasteiger partial charge on any atom is 0.322 e. The van der Waals surface area contributed by atoms with Gasteiger partial charge in [-0.15, -0.1) is 0 Å². The first-order chi connectivity index (χ1) is 9.01. The van der Waals surface area contributed by atoms with E-state index in [0.29, 0.717) is 0 Å². The normalized spacial score (nSPS) is 10.2. The van der Waals surface area contributed by atoms with Crippen LogP contribution < -0.4 is 10.6 Å². The lowest BCUT2D eigenvalue weighted by molar-refractivity contribution is -0.143. The Morgan fingerprint density at radius 2 is 2.11 bits per heavy atom. The van der Waals surface area contributed by atoms with Gasteiger partial charge in [0.2, 0.25) is 0 Å². The van der Waals surface area contributed by atoms with Crippen molar-refractivity contribution in [2.45, 2.75) is 13.3 Å². The third kappa shape index (κ3) is 8.20. The Bertz CT molecular complexity index is 411. The van der Waals surface area contributed by atoms with Crippen LogP contribution in [0.4, 0.5) is 0 Å². The Balaban J connectivity index is 4.12. The number of nitrogens with zero attached hydrogens (tertiary/aromatic N) is 1. The molecule has 0 aliphatic rings. The number of ether oxygens (including phenoxy) is 1. The summed E-state index contributed by atoms with van der Waals surface area (Å²) in [6.07, 6.45) is 1.22. The van der Waals surface area contributed by atoms with Crippen molar-refractivity contribution in [3.63, 3.8) is 0 Å². The summed E-state index contributed by atoms with van der Waals surface area (Å²) in [5, 5.41) is 21.7.